The number of methoxy groups -OCH3 is 1. The highest BCUT2D eigenvalue weighted by atomic mass is 16.5. The fourth-order valence-corrected chi connectivity index (χ4v) is 3.03. The van der Waals surface area contributed by atoms with Crippen LogP contribution in [0, 0.1) is 6.92 Å². The third-order valence-corrected chi connectivity index (χ3v) is 4.28. The van der Waals surface area contributed by atoms with Gasteiger partial charge in [0.05, 0.1) is 12.8 Å². The molecule has 0 aliphatic carbocycles. The Morgan fingerprint density at radius 2 is 2.04 bits per heavy atom. The number of benzene rings is 1. The van der Waals surface area contributed by atoms with Crippen molar-refractivity contribution in [3.63, 3.8) is 0 Å². The lowest BCUT2D eigenvalue weighted by molar-refractivity contribution is 0.366. The van der Waals surface area contributed by atoms with Gasteiger partial charge in [-0.05, 0) is 19.1 Å². The lowest BCUT2D eigenvalue weighted by atomic mass is 10.2. The minimum atomic E-state index is 0.409. The molecule has 1 fully saturated rings. The number of ether oxygens (including phenoxy) is 1. The van der Waals surface area contributed by atoms with Gasteiger partial charge in [0.25, 0.3) is 0 Å². The maximum atomic E-state index is 5.49. The van der Waals surface area contributed by atoms with Crippen LogP contribution in [0.2, 0.25) is 0 Å². The number of hydrogen-bond acceptors (Lipinski definition) is 6. The maximum Gasteiger partial charge on any atom is 0.223 e. The first-order valence-corrected chi connectivity index (χ1v) is 8.91. The van der Waals surface area contributed by atoms with Crippen molar-refractivity contribution in [1.29, 1.82) is 0 Å². The van der Waals surface area contributed by atoms with Crippen LogP contribution in [0.25, 0.3) is 0 Å². The van der Waals surface area contributed by atoms with E-state index < -0.39 is 0 Å². The second-order valence-electron chi connectivity index (χ2n) is 6.05. The van der Waals surface area contributed by atoms with Crippen LogP contribution >= 0.6 is 0 Å². The van der Waals surface area contributed by atoms with Gasteiger partial charge in [0.15, 0.2) is 11.8 Å². The molecule has 0 unspecified atom stereocenters. The standard InChI is InChI=1S/C18H26N6O2/c1-4-19-18(20-13-17-21-14(2)26-22-17)24-11-9-23(10-12-24)15-7-5-6-8-16(15)25-3/h5-8H,4,9-13H2,1-3H3,(H,19,20). The molecule has 26 heavy (non-hydrogen) atoms. The van der Waals surface area contributed by atoms with E-state index in [4.69, 9.17) is 9.26 Å². The van der Waals surface area contributed by atoms with Crippen LogP contribution in [-0.4, -0.2) is 60.8 Å². The molecule has 1 aromatic heterocycles. The van der Waals surface area contributed by atoms with Crippen molar-refractivity contribution in [2.45, 2.75) is 20.4 Å². The topological polar surface area (TPSA) is 79.0 Å². The monoisotopic (exact) mass is 358 g/mol. The van der Waals surface area contributed by atoms with Crippen molar-refractivity contribution >= 4 is 11.6 Å². The molecule has 8 nitrogen and oxygen atoms in total. The quantitative estimate of drug-likeness (QED) is 0.643. The molecule has 1 saturated heterocycles. The van der Waals surface area contributed by atoms with E-state index >= 15 is 0 Å². The first kappa shape index (κ1) is 18.0. The second kappa shape index (κ2) is 8.55. The number of nitrogens with one attached hydrogen (secondary N) is 1. The largest absolute Gasteiger partial charge is 0.495 e. The zero-order valence-electron chi connectivity index (χ0n) is 15.6. The van der Waals surface area contributed by atoms with Crippen LogP contribution in [0.1, 0.15) is 18.6 Å². The Hall–Kier alpha value is -2.77. The van der Waals surface area contributed by atoms with Crippen molar-refractivity contribution in [2.24, 2.45) is 4.99 Å². The molecule has 2 aromatic rings. The molecule has 0 saturated carbocycles. The summed E-state index contributed by atoms with van der Waals surface area (Å²) in [4.78, 5) is 13.5. The summed E-state index contributed by atoms with van der Waals surface area (Å²) in [5, 5.41) is 7.26. The highest BCUT2D eigenvalue weighted by Gasteiger charge is 2.21. The van der Waals surface area contributed by atoms with E-state index in [2.05, 4.69) is 43.2 Å². The van der Waals surface area contributed by atoms with Crippen molar-refractivity contribution < 1.29 is 9.26 Å². The number of para-hydroxylation sites is 2. The average molecular weight is 358 g/mol. The summed E-state index contributed by atoms with van der Waals surface area (Å²) in [5.74, 6) is 2.96. The summed E-state index contributed by atoms with van der Waals surface area (Å²) in [6.45, 7) is 8.66. The molecular formula is C18H26N6O2. The van der Waals surface area contributed by atoms with Gasteiger partial charge in [0.2, 0.25) is 5.89 Å². The third kappa shape index (κ3) is 4.25. The van der Waals surface area contributed by atoms with Crippen LogP contribution in [0.5, 0.6) is 5.75 Å². The lowest BCUT2D eigenvalue weighted by Gasteiger charge is -2.38. The van der Waals surface area contributed by atoms with Gasteiger partial charge in [-0.1, -0.05) is 17.3 Å². The fraction of sp³-hybridized carbons (Fsp3) is 0.500. The molecule has 8 heteroatoms. The normalized spacial score (nSPS) is 15.3. The zero-order valence-corrected chi connectivity index (χ0v) is 15.6. The van der Waals surface area contributed by atoms with Crippen LogP contribution in [0.4, 0.5) is 5.69 Å². The van der Waals surface area contributed by atoms with Gasteiger partial charge in [-0.2, -0.15) is 4.98 Å². The number of anilines is 1. The number of rotatable bonds is 5. The van der Waals surface area contributed by atoms with Gasteiger partial charge in [0.1, 0.15) is 12.3 Å². The molecule has 3 rings (SSSR count). The van der Waals surface area contributed by atoms with E-state index in [0.29, 0.717) is 18.3 Å². The molecule has 1 aliphatic heterocycles. The number of aliphatic imine (C=N–C) groups is 1. The number of hydrogen-bond donors (Lipinski definition) is 1. The maximum absolute atomic E-state index is 5.49. The summed E-state index contributed by atoms with van der Waals surface area (Å²) < 4.78 is 10.5. The minimum Gasteiger partial charge on any atom is -0.495 e. The molecule has 1 N–H and O–H groups in total. The molecule has 1 aromatic carbocycles. The van der Waals surface area contributed by atoms with Gasteiger partial charge < -0.3 is 24.4 Å². The average Bonchev–Trinajstić information content (AvgIpc) is 3.10. The molecule has 2 heterocycles. The van der Waals surface area contributed by atoms with Gasteiger partial charge in [0, 0.05) is 39.6 Å². The van der Waals surface area contributed by atoms with Gasteiger partial charge in [-0.15, -0.1) is 0 Å². The molecule has 1 aliphatic rings. The molecule has 0 radical (unpaired) electrons. The Balaban J connectivity index is 1.64. The fourth-order valence-electron chi connectivity index (χ4n) is 3.03. The van der Waals surface area contributed by atoms with Crippen LogP contribution < -0.4 is 15.0 Å². The summed E-state index contributed by atoms with van der Waals surface area (Å²) in [7, 11) is 1.71. The molecule has 0 spiro atoms. The van der Waals surface area contributed by atoms with E-state index in [1.165, 1.54) is 0 Å². The van der Waals surface area contributed by atoms with Crippen molar-refractivity contribution in [3.05, 3.63) is 36.0 Å². The number of guanidine groups is 1. The van der Waals surface area contributed by atoms with Gasteiger partial charge in [-0.3, -0.25) is 0 Å². The van der Waals surface area contributed by atoms with E-state index in [-0.39, 0.29) is 0 Å². The predicted octanol–water partition coefficient (Wildman–Crippen LogP) is 1.67. The predicted molar refractivity (Wildman–Crippen MR) is 101 cm³/mol. The molecule has 0 bridgehead atoms. The van der Waals surface area contributed by atoms with Crippen molar-refractivity contribution in [1.82, 2.24) is 20.4 Å². The SMILES string of the molecule is CCNC(=NCc1noc(C)n1)N1CCN(c2ccccc2OC)CC1. The third-order valence-electron chi connectivity index (χ3n) is 4.28. The molecule has 0 amide bonds. The van der Waals surface area contributed by atoms with E-state index in [1.54, 1.807) is 14.0 Å². The number of aromatic nitrogens is 2. The van der Waals surface area contributed by atoms with E-state index in [9.17, 15) is 0 Å². The van der Waals surface area contributed by atoms with E-state index in [1.807, 2.05) is 18.2 Å². The first-order chi connectivity index (χ1) is 12.7. The minimum absolute atomic E-state index is 0.409. The number of nitrogens with zero attached hydrogens (tertiary/aromatic N) is 5. The molecule has 0 atom stereocenters. The Bertz CT molecular complexity index is 737. The van der Waals surface area contributed by atoms with Crippen LogP contribution in [0.15, 0.2) is 33.8 Å². The highest BCUT2D eigenvalue weighted by molar-refractivity contribution is 5.80. The number of aryl methyl sites for hydroxylation is 1. The Labute approximate surface area is 153 Å². The molecular weight excluding hydrogens is 332 g/mol. The zero-order chi connectivity index (χ0) is 18.4. The first-order valence-electron chi connectivity index (χ1n) is 8.91. The van der Waals surface area contributed by atoms with Crippen LogP contribution in [0.3, 0.4) is 0 Å². The van der Waals surface area contributed by atoms with Crippen molar-refractivity contribution in [3.8, 4) is 5.75 Å². The van der Waals surface area contributed by atoms with Crippen molar-refractivity contribution in [2.75, 3.05) is 44.7 Å². The highest BCUT2D eigenvalue weighted by Crippen LogP contribution is 2.28. The smallest absolute Gasteiger partial charge is 0.223 e. The lowest BCUT2D eigenvalue weighted by Crippen LogP contribution is -2.52. The van der Waals surface area contributed by atoms with Crippen LogP contribution in [-0.2, 0) is 6.54 Å². The Morgan fingerprint density at radius 1 is 1.27 bits per heavy atom. The Morgan fingerprint density at radius 3 is 2.69 bits per heavy atom. The van der Waals surface area contributed by atoms with Gasteiger partial charge >= 0.3 is 0 Å². The summed E-state index contributed by atoms with van der Waals surface area (Å²) >= 11 is 0. The summed E-state index contributed by atoms with van der Waals surface area (Å²) in [5.41, 5.74) is 1.14. The Kier molecular flexibility index (Phi) is 5.93. The second-order valence-corrected chi connectivity index (χ2v) is 6.05. The van der Waals surface area contributed by atoms with Gasteiger partial charge in [-0.25, -0.2) is 4.99 Å². The summed E-state index contributed by atoms with van der Waals surface area (Å²) in [6.07, 6.45) is 0. The summed E-state index contributed by atoms with van der Waals surface area (Å²) in [6, 6.07) is 8.14. The molecule has 140 valence electrons. The van der Waals surface area contributed by atoms with E-state index in [0.717, 1.165) is 50.1 Å². The number of piperazine rings is 1.